The Morgan fingerprint density at radius 1 is 0.933 bits per heavy atom. The number of para-hydroxylation sites is 1. The summed E-state index contributed by atoms with van der Waals surface area (Å²) in [6, 6.07) is 21.2. The van der Waals surface area contributed by atoms with Crippen LogP contribution in [-0.4, -0.2) is 23.8 Å². The monoisotopic (exact) mass is 402 g/mol. The second kappa shape index (κ2) is 8.29. The summed E-state index contributed by atoms with van der Waals surface area (Å²) in [6.07, 6.45) is -1.24. The number of amides is 1. The van der Waals surface area contributed by atoms with Gasteiger partial charge in [-0.1, -0.05) is 66.7 Å². The van der Waals surface area contributed by atoms with Crippen molar-refractivity contribution in [3.8, 4) is 16.9 Å². The fourth-order valence-electron chi connectivity index (χ4n) is 3.97. The average Bonchev–Trinajstić information content (AvgIpc) is 3.06. The normalized spacial score (nSPS) is 13.2. The molecule has 0 heterocycles. The molecule has 3 aromatic rings. The molecule has 0 saturated carbocycles. The summed E-state index contributed by atoms with van der Waals surface area (Å²) in [5, 5.41) is 23.7. The van der Waals surface area contributed by atoms with Crippen molar-refractivity contribution in [3.05, 3.63) is 89.5 Å². The number of aliphatic carboxylic acids is 1. The lowest BCUT2D eigenvalue weighted by molar-refractivity contribution is -0.306. The molecule has 152 valence electrons. The van der Waals surface area contributed by atoms with Gasteiger partial charge in [0, 0.05) is 23.9 Å². The number of benzene rings is 3. The number of ether oxygens (including phenoxy) is 1. The van der Waals surface area contributed by atoms with Crippen LogP contribution in [0.3, 0.4) is 0 Å². The van der Waals surface area contributed by atoms with Gasteiger partial charge in [-0.2, -0.15) is 0 Å². The first-order valence-corrected chi connectivity index (χ1v) is 9.64. The Labute approximate surface area is 173 Å². The van der Waals surface area contributed by atoms with Crippen molar-refractivity contribution >= 4 is 12.1 Å². The summed E-state index contributed by atoms with van der Waals surface area (Å²) >= 11 is 0. The molecule has 1 aliphatic rings. The number of hydrogen-bond donors (Lipinski definition) is 2. The molecule has 0 radical (unpaired) electrons. The van der Waals surface area contributed by atoms with E-state index in [0.717, 1.165) is 22.3 Å². The molecule has 0 bridgehead atoms. The zero-order chi connectivity index (χ0) is 21.1. The molecule has 6 heteroatoms. The number of carboxylic acid groups (broad SMARTS) is 1. The van der Waals surface area contributed by atoms with Gasteiger partial charge in [-0.25, -0.2) is 4.79 Å². The number of carbonyl (C=O) groups is 2. The van der Waals surface area contributed by atoms with Crippen LogP contribution in [0, 0.1) is 0 Å². The van der Waals surface area contributed by atoms with Crippen molar-refractivity contribution in [3.63, 3.8) is 0 Å². The van der Waals surface area contributed by atoms with Crippen LogP contribution in [0.2, 0.25) is 0 Å². The van der Waals surface area contributed by atoms with Gasteiger partial charge in [-0.05, 0) is 28.3 Å². The maximum Gasteiger partial charge on any atom is 0.407 e. The molecule has 0 spiro atoms. The van der Waals surface area contributed by atoms with Gasteiger partial charge in [0.1, 0.15) is 12.4 Å². The van der Waals surface area contributed by atoms with Gasteiger partial charge in [-0.3, -0.25) is 0 Å². The Balaban J connectivity index is 1.49. The summed E-state index contributed by atoms with van der Waals surface area (Å²) in [5.41, 5.74) is 4.68. The third-order valence-corrected chi connectivity index (χ3v) is 5.32. The largest absolute Gasteiger partial charge is 0.550 e. The van der Waals surface area contributed by atoms with Crippen LogP contribution >= 0.6 is 0 Å². The Morgan fingerprint density at radius 2 is 1.50 bits per heavy atom. The molecule has 2 N–H and O–H groups in total. The van der Waals surface area contributed by atoms with E-state index in [4.69, 9.17) is 4.74 Å². The molecule has 0 saturated heterocycles. The van der Waals surface area contributed by atoms with Crippen LogP contribution in [-0.2, 0) is 9.53 Å². The molecule has 4 rings (SSSR count). The number of aromatic hydroxyl groups is 1. The van der Waals surface area contributed by atoms with Crippen molar-refractivity contribution in [1.29, 1.82) is 0 Å². The van der Waals surface area contributed by atoms with E-state index in [1.54, 1.807) is 18.2 Å². The lowest BCUT2D eigenvalue weighted by atomic mass is 9.98. The number of phenols is 1. The molecular formula is C24H20NO5-. The highest BCUT2D eigenvalue weighted by Gasteiger charge is 2.29. The maximum absolute atomic E-state index is 12.5. The van der Waals surface area contributed by atoms with Gasteiger partial charge in [0.05, 0.1) is 6.04 Å². The third-order valence-electron chi connectivity index (χ3n) is 5.32. The minimum absolute atomic E-state index is 0.104. The predicted molar refractivity (Wildman–Crippen MR) is 109 cm³/mol. The predicted octanol–water partition coefficient (Wildman–Crippen LogP) is 3.11. The quantitative estimate of drug-likeness (QED) is 0.660. The van der Waals surface area contributed by atoms with E-state index in [0.29, 0.717) is 0 Å². The zero-order valence-electron chi connectivity index (χ0n) is 16.1. The number of alkyl carbamates (subject to hydrolysis) is 1. The molecular weight excluding hydrogens is 382 g/mol. The Morgan fingerprint density at radius 3 is 2.10 bits per heavy atom. The van der Waals surface area contributed by atoms with Crippen molar-refractivity contribution in [2.24, 2.45) is 0 Å². The smallest absolute Gasteiger partial charge is 0.407 e. The van der Waals surface area contributed by atoms with E-state index in [1.165, 1.54) is 6.07 Å². The van der Waals surface area contributed by atoms with E-state index in [2.05, 4.69) is 5.32 Å². The maximum atomic E-state index is 12.5. The summed E-state index contributed by atoms with van der Waals surface area (Å²) < 4.78 is 5.47. The van der Waals surface area contributed by atoms with Gasteiger partial charge in [-0.15, -0.1) is 0 Å². The molecule has 0 aromatic heterocycles. The number of hydrogen-bond acceptors (Lipinski definition) is 5. The number of phenolic OH excluding ortho intramolecular Hbond substituents is 1. The Kier molecular flexibility index (Phi) is 5.39. The van der Waals surface area contributed by atoms with Gasteiger partial charge in [0.25, 0.3) is 0 Å². The topological polar surface area (TPSA) is 98.7 Å². The Hall–Kier alpha value is -3.80. The highest BCUT2D eigenvalue weighted by Crippen LogP contribution is 2.44. The molecule has 1 aliphatic carbocycles. The van der Waals surface area contributed by atoms with E-state index < -0.39 is 24.5 Å². The molecule has 0 aliphatic heterocycles. The molecule has 30 heavy (non-hydrogen) atoms. The number of nitrogens with one attached hydrogen (secondary N) is 1. The minimum Gasteiger partial charge on any atom is -0.550 e. The number of rotatable bonds is 6. The lowest BCUT2D eigenvalue weighted by Crippen LogP contribution is -2.35. The van der Waals surface area contributed by atoms with Crippen LogP contribution in [0.4, 0.5) is 4.79 Å². The van der Waals surface area contributed by atoms with E-state index in [-0.39, 0.29) is 23.8 Å². The van der Waals surface area contributed by atoms with Gasteiger partial charge in [0.15, 0.2) is 0 Å². The van der Waals surface area contributed by atoms with E-state index in [1.807, 2.05) is 48.5 Å². The number of carbonyl (C=O) groups excluding carboxylic acids is 2. The van der Waals surface area contributed by atoms with Crippen LogP contribution in [0.5, 0.6) is 5.75 Å². The summed E-state index contributed by atoms with van der Waals surface area (Å²) in [5.74, 6) is -1.56. The molecule has 6 nitrogen and oxygen atoms in total. The number of carboxylic acids is 1. The highest BCUT2D eigenvalue weighted by molar-refractivity contribution is 5.79. The SMILES string of the molecule is O=C([O-])C[C@@H](NC(=O)OCC1c2ccccc2-c2ccccc21)c1ccccc1O. The van der Waals surface area contributed by atoms with Crippen molar-refractivity contribution in [1.82, 2.24) is 5.32 Å². The summed E-state index contributed by atoms with van der Waals surface area (Å²) in [4.78, 5) is 23.6. The van der Waals surface area contributed by atoms with Crippen molar-refractivity contribution in [2.45, 2.75) is 18.4 Å². The molecule has 1 amide bonds. The molecule has 3 aromatic carbocycles. The fraction of sp³-hybridized carbons (Fsp3) is 0.167. The zero-order valence-corrected chi connectivity index (χ0v) is 16.1. The molecule has 1 atom stereocenters. The van der Waals surface area contributed by atoms with E-state index in [9.17, 15) is 19.8 Å². The second-order valence-electron chi connectivity index (χ2n) is 7.16. The summed E-state index contributed by atoms with van der Waals surface area (Å²) in [7, 11) is 0. The van der Waals surface area contributed by atoms with Crippen LogP contribution in [0.1, 0.15) is 35.1 Å². The van der Waals surface area contributed by atoms with Gasteiger partial charge < -0.3 is 25.1 Å². The lowest BCUT2D eigenvalue weighted by Gasteiger charge is -2.21. The average molecular weight is 402 g/mol. The fourth-order valence-corrected chi connectivity index (χ4v) is 3.97. The van der Waals surface area contributed by atoms with Gasteiger partial charge in [0.2, 0.25) is 0 Å². The molecule has 0 fully saturated rings. The second-order valence-corrected chi connectivity index (χ2v) is 7.16. The minimum atomic E-state index is -1.35. The third kappa shape index (κ3) is 3.85. The first kappa shape index (κ1) is 19.5. The summed E-state index contributed by atoms with van der Waals surface area (Å²) in [6.45, 7) is 0.110. The first-order chi connectivity index (χ1) is 14.5. The Bertz CT molecular complexity index is 1050. The van der Waals surface area contributed by atoms with Gasteiger partial charge >= 0.3 is 6.09 Å². The highest BCUT2D eigenvalue weighted by atomic mass is 16.5. The van der Waals surface area contributed by atoms with Crippen LogP contribution in [0.15, 0.2) is 72.8 Å². The van der Waals surface area contributed by atoms with Crippen molar-refractivity contribution in [2.75, 3.05) is 6.61 Å². The first-order valence-electron chi connectivity index (χ1n) is 9.64. The number of fused-ring (bicyclic) bond motifs is 3. The van der Waals surface area contributed by atoms with Crippen LogP contribution in [0.25, 0.3) is 11.1 Å². The standard InChI is InChI=1S/C24H21NO5/c26-22-12-6-5-11-19(22)21(13-23(27)28)25-24(29)30-14-20-17-9-3-1-7-15(17)16-8-2-4-10-18(16)20/h1-12,20-21,26H,13-14H2,(H,25,29)(H,27,28)/p-1/t21-/m1/s1. The van der Waals surface area contributed by atoms with E-state index >= 15 is 0 Å². The van der Waals surface area contributed by atoms with Crippen LogP contribution < -0.4 is 10.4 Å². The van der Waals surface area contributed by atoms with Crippen molar-refractivity contribution < 1.29 is 24.5 Å². The molecule has 0 unspecified atom stereocenters.